The zero-order chi connectivity index (χ0) is 31.5. The molecule has 3 nitrogen and oxygen atoms in total. The Bertz CT molecular complexity index is 2730. The molecule has 226 valence electrons. The van der Waals surface area contributed by atoms with Gasteiger partial charge < -0.3 is 14.0 Å². The third kappa shape index (κ3) is 4.13. The van der Waals surface area contributed by atoms with Crippen molar-refractivity contribution >= 4 is 65.6 Å². The molecule has 7 aromatic carbocycles. The molecule has 3 aromatic heterocycles. The first kappa shape index (κ1) is 27.3. The largest absolute Gasteiger partial charge is 0.456 e. The van der Waals surface area contributed by atoms with Gasteiger partial charge in [-0.2, -0.15) is 0 Å². The molecule has 0 bridgehead atoms. The van der Waals surface area contributed by atoms with Crippen molar-refractivity contribution in [1.82, 2.24) is 9.55 Å². The molecule has 0 radical (unpaired) electrons. The van der Waals surface area contributed by atoms with Gasteiger partial charge in [-0.15, -0.1) is 0 Å². The van der Waals surface area contributed by atoms with Crippen molar-refractivity contribution in [2.24, 2.45) is 0 Å². The second-order valence-corrected chi connectivity index (χ2v) is 11.8. The Hall–Kier alpha value is -6.06. The van der Waals surface area contributed by atoms with Gasteiger partial charge in [-0.25, -0.2) is 0 Å². The highest BCUT2D eigenvalue weighted by molar-refractivity contribution is 6.15. The summed E-state index contributed by atoms with van der Waals surface area (Å²) in [6.07, 6.45) is 0. The Morgan fingerprint density at radius 1 is 0.489 bits per heavy atom. The Morgan fingerprint density at radius 3 is 1.87 bits per heavy atom. The minimum atomic E-state index is 0. The number of H-pyrrole nitrogens is 1. The number of para-hydroxylation sites is 4. The summed E-state index contributed by atoms with van der Waals surface area (Å²) in [5.41, 5.74) is 12.4. The lowest BCUT2D eigenvalue weighted by molar-refractivity contribution is 0.669. The highest BCUT2D eigenvalue weighted by Gasteiger charge is 2.16. The fourth-order valence-corrected chi connectivity index (χ4v) is 7.36. The van der Waals surface area contributed by atoms with E-state index < -0.39 is 0 Å². The van der Waals surface area contributed by atoms with E-state index in [9.17, 15) is 0 Å². The summed E-state index contributed by atoms with van der Waals surface area (Å²) in [7, 11) is 0. The van der Waals surface area contributed by atoms with Crippen LogP contribution in [0.4, 0.5) is 0 Å². The van der Waals surface area contributed by atoms with Gasteiger partial charge in [0.15, 0.2) is 0 Å². The third-order valence-corrected chi connectivity index (χ3v) is 9.34. The highest BCUT2D eigenvalue weighted by Crippen LogP contribution is 2.40. The molecule has 0 aliphatic carbocycles. The van der Waals surface area contributed by atoms with Gasteiger partial charge in [0.05, 0.1) is 16.6 Å². The molecule has 47 heavy (non-hydrogen) atoms. The minimum Gasteiger partial charge on any atom is -0.456 e. The second-order valence-electron chi connectivity index (χ2n) is 11.8. The molecule has 0 aliphatic rings. The molecule has 0 fully saturated rings. The average Bonchev–Trinajstić information content (AvgIpc) is 3.82. The number of rotatable bonds is 3. The number of aromatic nitrogens is 2. The first-order chi connectivity index (χ1) is 23.3. The van der Waals surface area contributed by atoms with Crippen molar-refractivity contribution in [3.05, 3.63) is 152 Å². The molecule has 0 saturated carbocycles. The molecule has 0 saturated heterocycles. The first-order valence-electron chi connectivity index (χ1n) is 16.4. The van der Waals surface area contributed by atoms with Crippen LogP contribution in [0, 0.1) is 0 Å². The Morgan fingerprint density at radius 2 is 1.09 bits per heavy atom. The molecular formula is C44H34N2O. The number of benzene rings is 7. The molecule has 0 unspecified atom stereocenters. The number of aromatic amines is 1. The molecule has 0 atom stereocenters. The van der Waals surface area contributed by atoms with Gasteiger partial charge in [0.25, 0.3) is 0 Å². The Balaban J connectivity index is 0.00000110. The van der Waals surface area contributed by atoms with Gasteiger partial charge >= 0.3 is 0 Å². The van der Waals surface area contributed by atoms with Crippen molar-refractivity contribution < 1.29 is 5.84 Å². The van der Waals surface area contributed by atoms with E-state index in [0.29, 0.717) is 0 Å². The quantitative estimate of drug-likeness (QED) is 0.213. The van der Waals surface area contributed by atoms with Crippen molar-refractivity contribution in [3.63, 3.8) is 0 Å². The number of hydrogen-bond acceptors (Lipinski definition) is 1. The predicted octanol–water partition coefficient (Wildman–Crippen LogP) is 12.9. The van der Waals surface area contributed by atoms with Crippen LogP contribution >= 0.6 is 0 Å². The van der Waals surface area contributed by atoms with Gasteiger partial charge in [-0.05, 0) is 65.2 Å². The SMILES string of the molecule is CC.[HH].c1cc(-c2cccc3c2[nH]c2ccc(-n4c5ccccc5c5ccccc54)cc23)cc(-c2cccc3oc4ccccc4c23)c1. The molecule has 1 N–H and O–H groups in total. The number of hydrogen-bond donors (Lipinski definition) is 1. The predicted molar refractivity (Wildman–Crippen MR) is 202 cm³/mol. The molecule has 0 amide bonds. The zero-order valence-electron chi connectivity index (χ0n) is 26.3. The standard InChI is InChI=1S/C42H26N2O.C2H6.H2/c1-4-18-37-31(12-1)32-13-2-5-19-38(32)44(37)28-22-23-36-35(25-28)33-17-8-16-30(42(33)43-36)27-11-7-10-26(24-27)29-15-9-21-40-41(29)34-14-3-6-20-39(34)45-40;1-2;/h1-25,43H;1-2H3;1H. The van der Waals surface area contributed by atoms with Crippen LogP contribution in [0.5, 0.6) is 0 Å². The minimum absolute atomic E-state index is 0. The van der Waals surface area contributed by atoms with E-state index in [-0.39, 0.29) is 1.43 Å². The van der Waals surface area contributed by atoms with Crippen LogP contribution in [0.1, 0.15) is 15.3 Å². The van der Waals surface area contributed by atoms with Crippen LogP contribution in [0.25, 0.3) is 93.5 Å². The van der Waals surface area contributed by atoms with Gasteiger partial charge in [0.1, 0.15) is 11.2 Å². The molecular weight excluding hydrogens is 572 g/mol. The molecule has 0 spiro atoms. The Labute approximate surface area is 273 Å². The molecule has 3 heteroatoms. The third-order valence-electron chi connectivity index (χ3n) is 9.34. The van der Waals surface area contributed by atoms with Crippen molar-refractivity contribution in [2.45, 2.75) is 13.8 Å². The summed E-state index contributed by atoms with van der Waals surface area (Å²) in [6, 6.07) is 54.3. The van der Waals surface area contributed by atoms with Crippen molar-refractivity contribution in [1.29, 1.82) is 0 Å². The van der Waals surface area contributed by atoms with Gasteiger partial charge in [0, 0.05) is 50.5 Å². The molecule has 10 rings (SSSR count). The monoisotopic (exact) mass is 606 g/mol. The van der Waals surface area contributed by atoms with E-state index in [0.717, 1.165) is 38.7 Å². The van der Waals surface area contributed by atoms with E-state index >= 15 is 0 Å². The molecule has 10 aromatic rings. The van der Waals surface area contributed by atoms with Crippen LogP contribution in [-0.4, -0.2) is 9.55 Å². The fourth-order valence-electron chi connectivity index (χ4n) is 7.36. The van der Waals surface area contributed by atoms with Gasteiger partial charge in [-0.1, -0.05) is 117 Å². The zero-order valence-corrected chi connectivity index (χ0v) is 26.3. The summed E-state index contributed by atoms with van der Waals surface area (Å²) in [4.78, 5) is 3.78. The van der Waals surface area contributed by atoms with E-state index in [1.54, 1.807) is 0 Å². The number of fused-ring (bicyclic) bond motifs is 9. The average molecular weight is 607 g/mol. The van der Waals surface area contributed by atoms with E-state index in [1.165, 1.54) is 54.8 Å². The van der Waals surface area contributed by atoms with E-state index in [4.69, 9.17) is 4.42 Å². The van der Waals surface area contributed by atoms with Gasteiger partial charge in [-0.3, -0.25) is 0 Å². The van der Waals surface area contributed by atoms with Crippen molar-refractivity contribution in [3.8, 4) is 27.9 Å². The maximum absolute atomic E-state index is 6.20. The molecule has 0 aliphatic heterocycles. The maximum atomic E-state index is 6.20. The summed E-state index contributed by atoms with van der Waals surface area (Å²) >= 11 is 0. The lowest BCUT2D eigenvalue weighted by atomic mass is 9.95. The molecule has 3 heterocycles. The van der Waals surface area contributed by atoms with Crippen LogP contribution < -0.4 is 0 Å². The lowest BCUT2D eigenvalue weighted by Gasteiger charge is -2.09. The highest BCUT2D eigenvalue weighted by atomic mass is 16.3. The summed E-state index contributed by atoms with van der Waals surface area (Å²) < 4.78 is 8.58. The Kier molecular flexibility index (Phi) is 6.26. The summed E-state index contributed by atoms with van der Waals surface area (Å²) in [5, 5.41) is 7.29. The van der Waals surface area contributed by atoms with E-state index in [1.807, 2.05) is 26.0 Å². The van der Waals surface area contributed by atoms with Crippen LogP contribution in [0.3, 0.4) is 0 Å². The maximum Gasteiger partial charge on any atom is 0.136 e. The smallest absolute Gasteiger partial charge is 0.136 e. The fraction of sp³-hybridized carbons (Fsp3) is 0.0455. The van der Waals surface area contributed by atoms with Crippen LogP contribution in [-0.2, 0) is 0 Å². The second kappa shape index (κ2) is 10.8. The number of furan rings is 1. The summed E-state index contributed by atoms with van der Waals surface area (Å²) in [5.74, 6) is 0. The normalized spacial score (nSPS) is 11.6. The first-order valence-corrected chi connectivity index (χ1v) is 16.4. The lowest BCUT2D eigenvalue weighted by Crippen LogP contribution is -1.93. The van der Waals surface area contributed by atoms with Crippen LogP contribution in [0.15, 0.2) is 156 Å². The number of nitrogens with zero attached hydrogens (tertiary/aromatic N) is 1. The van der Waals surface area contributed by atoms with Crippen LogP contribution in [0.2, 0.25) is 0 Å². The van der Waals surface area contributed by atoms with E-state index in [2.05, 4.69) is 149 Å². The number of nitrogens with one attached hydrogen (secondary N) is 1. The van der Waals surface area contributed by atoms with Gasteiger partial charge in [0.2, 0.25) is 0 Å². The van der Waals surface area contributed by atoms with Crippen molar-refractivity contribution in [2.75, 3.05) is 0 Å². The summed E-state index contributed by atoms with van der Waals surface area (Å²) in [6.45, 7) is 4.00. The topological polar surface area (TPSA) is 33.9 Å².